The van der Waals surface area contributed by atoms with Crippen molar-refractivity contribution in [2.75, 3.05) is 32.2 Å². The van der Waals surface area contributed by atoms with E-state index in [1.54, 1.807) is 55.5 Å². The molecule has 1 amide bonds. The molecule has 0 saturated heterocycles. The zero-order valence-electron chi connectivity index (χ0n) is 19.8. The Morgan fingerprint density at radius 1 is 0.943 bits per heavy atom. The van der Waals surface area contributed by atoms with Crippen LogP contribution in [0.15, 0.2) is 71.6 Å². The lowest BCUT2D eigenvalue weighted by Gasteiger charge is -2.25. The Balaban J connectivity index is 1.88. The highest BCUT2D eigenvalue weighted by Gasteiger charge is 2.28. The normalized spacial score (nSPS) is 11.9. The van der Waals surface area contributed by atoms with E-state index in [-0.39, 0.29) is 10.6 Å². The van der Waals surface area contributed by atoms with Crippen LogP contribution in [0.4, 0.5) is 5.69 Å². The van der Waals surface area contributed by atoms with E-state index < -0.39 is 28.5 Å². The molecule has 0 fully saturated rings. The van der Waals surface area contributed by atoms with Gasteiger partial charge in [0.05, 0.1) is 38.0 Å². The summed E-state index contributed by atoms with van der Waals surface area (Å²) in [5, 5.41) is 3.19. The maximum atomic E-state index is 13.5. The van der Waals surface area contributed by atoms with E-state index in [2.05, 4.69) is 5.32 Å². The van der Waals surface area contributed by atoms with Gasteiger partial charge in [-0.1, -0.05) is 23.7 Å². The quantitative estimate of drug-likeness (QED) is 0.426. The third-order valence-electron chi connectivity index (χ3n) is 5.32. The largest absolute Gasteiger partial charge is 0.497 e. The predicted molar refractivity (Wildman–Crippen MR) is 135 cm³/mol. The first-order valence-electron chi connectivity index (χ1n) is 10.6. The monoisotopic (exact) mass is 518 g/mol. The third-order valence-corrected chi connectivity index (χ3v) is 7.34. The number of hydrogen-bond acceptors (Lipinski definition) is 6. The van der Waals surface area contributed by atoms with Gasteiger partial charge < -0.3 is 19.5 Å². The van der Waals surface area contributed by atoms with Crippen molar-refractivity contribution in [1.82, 2.24) is 5.32 Å². The second kappa shape index (κ2) is 11.3. The molecule has 0 aliphatic rings. The van der Waals surface area contributed by atoms with Crippen LogP contribution in [0.5, 0.6) is 17.2 Å². The molecular formula is C25H27ClN2O6S. The molecule has 10 heteroatoms. The van der Waals surface area contributed by atoms with Crippen LogP contribution in [-0.2, 0) is 14.8 Å². The molecule has 0 saturated carbocycles. The van der Waals surface area contributed by atoms with Gasteiger partial charge in [0.15, 0.2) is 11.5 Å². The molecule has 0 aliphatic heterocycles. The summed E-state index contributed by atoms with van der Waals surface area (Å²) in [5.74, 6) is 1.10. The number of ether oxygens (including phenoxy) is 3. The van der Waals surface area contributed by atoms with Gasteiger partial charge in [-0.25, -0.2) is 8.42 Å². The summed E-state index contributed by atoms with van der Waals surface area (Å²) in [5.41, 5.74) is 1.03. The van der Waals surface area contributed by atoms with Gasteiger partial charge in [-0.15, -0.1) is 0 Å². The predicted octanol–water partition coefficient (Wildman–Crippen LogP) is 4.44. The van der Waals surface area contributed by atoms with Crippen LogP contribution in [0.2, 0.25) is 5.02 Å². The highest BCUT2D eigenvalue weighted by molar-refractivity contribution is 7.92. The average Bonchev–Trinajstić information content (AvgIpc) is 2.86. The molecule has 0 heterocycles. The van der Waals surface area contributed by atoms with Crippen LogP contribution < -0.4 is 23.8 Å². The molecule has 0 aliphatic carbocycles. The lowest BCUT2D eigenvalue weighted by molar-refractivity contribution is -0.120. The standard InChI is InChI=1S/C25H27ClN2O6S/c1-17(18-8-13-23(33-3)24(14-18)34-4)27-25(29)16-28(20-7-5-6-19(26)15-20)35(30,31)22-11-9-21(32-2)10-12-22/h5-15,17H,16H2,1-4H3,(H,27,29)/t17-/m0/s1. The second-order valence-electron chi connectivity index (χ2n) is 7.57. The molecule has 186 valence electrons. The maximum Gasteiger partial charge on any atom is 0.264 e. The molecule has 0 bridgehead atoms. The molecule has 0 spiro atoms. The van der Waals surface area contributed by atoms with E-state index in [1.807, 2.05) is 0 Å². The van der Waals surface area contributed by atoms with Gasteiger partial charge in [-0.2, -0.15) is 0 Å². The van der Waals surface area contributed by atoms with Gasteiger partial charge in [0.2, 0.25) is 5.91 Å². The van der Waals surface area contributed by atoms with Crippen LogP contribution in [0.3, 0.4) is 0 Å². The number of amides is 1. The van der Waals surface area contributed by atoms with Crippen molar-refractivity contribution in [2.24, 2.45) is 0 Å². The zero-order chi connectivity index (χ0) is 25.6. The van der Waals surface area contributed by atoms with Crippen LogP contribution in [0.1, 0.15) is 18.5 Å². The first-order valence-corrected chi connectivity index (χ1v) is 12.4. The minimum atomic E-state index is -4.09. The summed E-state index contributed by atoms with van der Waals surface area (Å²) in [7, 11) is 0.466. The summed E-state index contributed by atoms with van der Waals surface area (Å²) in [6, 6.07) is 17.1. The molecule has 3 aromatic rings. The zero-order valence-corrected chi connectivity index (χ0v) is 21.4. The van der Waals surface area contributed by atoms with Crippen LogP contribution in [-0.4, -0.2) is 42.2 Å². The molecule has 0 unspecified atom stereocenters. The van der Waals surface area contributed by atoms with Gasteiger partial charge in [-0.05, 0) is 67.1 Å². The molecule has 8 nitrogen and oxygen atoms in total. The molecule has 0 aromatic heterocycles. The maximum absolute atomic E-state index is 13.5. The lowest BCUT2D eigenvalue weighted by Crippen LogP contribution is -2.41. The lowest BCUT2D eigenvalue weighted by atomic mass is 10.1. The van der Waals surface area contributed by atoms with E-state index in [0.29, 0.717) is 22.3 Å². The molecule has 1 atom stereocenters. The first kappa shape index (κ1) is 26.2. The summed E-state index contributed by atoms with van der Waals surface area (Å²) < 4.78 is 43.8. The van der Waals surface area contributed by atoms with Crippen LogP contribution >= 0.6 is 11.6 Å². The first-order chi connectivity index (χ1) is 16.7. The van der Waals surface area contributed by atoms with Crippen LogP contribution in [0, 0.1) is 0 Å². The number of nitrogens with zero attached hydrogens (tertiary/aromatic N) is 1. The number of sulfonamides is 1. The Hall–Kier alpha value is -3.43. The number of methoxy groups -OCH3 is 3. The van der Waals surface area contributed by atoms with Crippen molar-refractivity contribution in [2.45, 2.75) is 17.9 Å². The number of nitrogens with one attached hydrogen (secondary N) is 1. The fourth-order valence-corrected chi connectivity index (χ4v) is 5.04. The molecular weight excluding hydrogens is 492 g/mol. The van der Waals surface area contributed by atoms with E-state index in [4.69, 9.17) is 25.8 Å². The number of carbonyl (C=O) groups is 1. The topological polar surface area (TPSA) is 94.2 Å². The van der Waals surface area contributed by atoms with Crippen molar-refractivity contribution in [3.63, 3.8) is 0 Å². The smallest absolute Gasteiger partial charge is 0.264 e. The van der Waals surface area contributed by atoms with Gasteiger partial charge in [0.1, 0.15) is 12.3 Å². The van der Waals surface area contributed by atoms with Gasteiger partial charge >= 0.3 is 0 Å². The molecule has 1 N–H and O–H groups in total. The minimum Gasteiger partial charge on any atom is -0.497 e. The van der Waals surface area contributed by atoms with Crippen molar-refractivity contribution in [3.8, 4) is 17.2 Å². The second-order valence-corrected chi connectivity index (χ2v) is 9.87. The Kier molecular flexibility index (Phi) is 8.48. The Labute approximate surface area is 210 Å². The van der Waals surface area contributed by atoms with Crippen molar-refractivity contribution < 1.29 is 27.4 Å². The van der Waals surface area contributed by atoms with Gasteiger partial charge in [0.25, 0.3) is 10.0 Å². The molecule has 0 radical (unpaired) electrons. The van der Waals surface area contributed by atoms with Crippen LogP contribution in [0.25, 0.3) is 0 Å². The Morgan fingerprint density at radius 3 is 2.23 bits per heavy atom. The minimum absolute atomic E-state index is 0.0130. The summed E-state index contributed by atoms with van der Waals surface area (Å²) >= 11 is 6.12. The Bertz CT molecular complexity index is 1280. The van der Waals surface area contributed by atoms with E-state index in [9.17, 15) is 13.2 Å². The molecule has 3 rings (SSSR count). The molecule has 3 aromatic carbocycles. The van der Waals surface area contributed by atoms with Crippen molar-refractivity contribution >= 4 is 33.2 Å². The van der Waals surface area contributed by atoms with Gasteiger partial charge in [-0.3, -0.25) is 9.10 Å². The van der Waals surface area contributed by atoms with Gasteiger partial charge in [0, 0.05) is 5.02 Å². The average molecular weight is 519 g/mol. The highest BCUT2D eigenvalue weighted by Crippen LogP contribution is 2.30. The number of carbonyl (C=O) groups excluding carboxylic acids is 1. The Morgan fingerprint density at radius 2 is 1.63 bits per heavy atom. The molecule has 35 heavy (non-hydrogen) atoms. The van der Waals surface area contributed by atoms with E-state index >= 15 is 0 Å². The summed E-state index contributed by atoms with van der Waals surface area (Å²) in [6.07, 6.45) is 0. The van der Waals surface area contributed by atoms with E-state index in [0.717, 1.165) is 9.87 Å². The van der Waals surface area contributed by atoms with Crippen molar-refractivity contribution in [3.05, 3.63) is 77.3 Å². The fraction of sp³-hybridized carbons (Fsp3) is 0.240. The van der Waals surface area contributed by atoms with Crippen molar-refractivity contribution in [1.29, 1.82) is 0 Å². The third kappa shape index (κ3) is 6.17. The summed E-state index contributed by atoms with van der Waals surface area (Å²) in [6.45, 7) is 1.34. The number of rotatable bonds is 10. The fourth-order valence-electron chi connectivity index (χ4n) is 3.44. The number of anilines is 1. The highest BCUT2D eigenvalue weighted by atomic mass is 35.5. The van der Waals surface area contributed by atoms with E-state index in [1.165, 1.54) is 39.5 Å². The summed E-state index contributed by atoms with van der Waals surface area (Å²) in [4.78, 5) is 13.0. The SMILES string of the molecule is COc1ccc(S(=O)(=O)N(CC(=O)N[C@@H](C)c2ccc(OC)c(OC)c2)c2cccc(Cl)c2)cc1. The number of halogens is 1. The number of benzene rings is 3. The number of hydrogen-bond donors (Lipinski definition) is 1.